The lowest BCUT2D eigenvalue weighted by Gasteiger charge is -2.31. The van der Waals surface area contributed by atoms with Crippen LogP contribution in [0.4, 0.5) is 0 Å². The highest BCUT2D eigenvalue weighted by atomic mass is 15.3. The van der Waals surface area contributed by atoms with Crippen molar-refractivity contribution in [3.63, 3.8) is 0 Å². The monoisotopic (exact) mass is 193 g/mol. The van der Waals surface area contributed by atoms with E-state index in [1.807, 2.05) is 0 Å². The summed E-state index contributed by atoms with van der Waals surface area (Å²) in [5.74, 6) is 0. The molecule has 78 valence electrons. The van der Waals surface area contributed by atoms with Gasteiger partial charge in [0.25, 0.3) is 0 Å². The van der Waals surface area contributed by atoms with Crippen LogP contribution in [-0.4, -0.2) is 36.1 Å². The topological polar surface area (TPSA) is 39.1 Å². The molecule has 0 saturated carbocycles. The number of hydrogen-bond acceptors (Lipinski definition) is 3. The van der Waals surface area contributed by atoms with Gasteiger partial charge in [-0.05, 0) is 32.2 Å². The molecular weight excluding hydrogens is 174 g/mol. The summed E-state index contributed by atoms with van der Waals surface area (Å²) in [5.41, 5.74) is 0. The van der Waals surface area contributed by atoms with Crippen molar-refractivity contribution in [2.24, 2.45) is 0 Å². The molecule has 0 aromatic heterocycles. The standard InChI is InChI=1S/C11H19N3/c1-2-9(7-12)14-10-3-4-11(14)8-13-6-5-10/h9-11,13H,2-6,8H2,1H3. The van der Waals surface area contributed by atoms with Crippen LogP contribution in [0.15, 0.2) is 0 Å². The lowest BCUT2D eigenvalue weighted by atomic mass is 10.1. The molecular formula is C11H19N3. The Bertz CT molecular complexity index is 219. The molecule has 0 amide bonds. The molecule has 3 atom stereocenters. The van der Waals surface area contributed by atoms with Crippen LogP contribution in [-0.2, 0) is 0 Å². The predicted molar refractivity (Wildman–Crippen MR) is 55.8 cm³/mol. The summed E-state index contributed by atoms with van der Waals surface area (Å²) in [6.45, 7) is 4.32. The number of nitrogens with zero attached hydrogens (tertiary/aromatic N) is 2. The van der Waals surface area contributed by atoms with Gasteiger partial charge in [-0.25, -0.2) is 0 Å². The van der Waals surface area contributed by atoms with Crippen LogP contribution >= 0.6 is 0 Å². The highest BCUT2D eigenvalue weighted by Gasteiger charge is 2.38. The van der Waals surface area contributed by atoms with E-state index in [-0.39, 0.29) is 6.04 Å². The summed E-state index contributed by atoms with van der Waals surface area (Å²) >= 11 is 0. The summed E-state index contributed by atoms with van der Waals surface area (Å²) in [4.78, 5) is 2.47. The SMILES string of the molecule is CCC(C#N)N1C2CCNCC1CC2. The third-order valence-corrected chi connectivity index (χ3v) is 3.61. The van der Waals surface area contributed by atoms with Crippen molar-refractivity contribution in [1.82, 2.24) is 10.2 Å². The molecule has 2 bridgehead atoms. The molecule has 0 aliphatic carbocycles. The normalized spacial score (nSPS) is 34.9. The van der Waals surface area contributed by atoms with Gasteiger partial charge in [-0.3, -0.25) is 4.90 Å². The lowest BCUT2D eigenvalue weighted by molar-refractivity contribution is 0.164. The number of nitrogens with one attached hydrogen (secondary N) is 1. The average molecular weight is 193 g/mol. The molecule has 2 aliphatic heterocycles. The van der Waals surface area contributed by atoms with Gasteiger partial charge in [-0.15, -0.1) is 0 Å². The molecule has 2 rings (SSSR count). The van der Waals surface area contributed by atoms with Crippen molar-refractivity contribution in [2.45, 2.75) is 50.7 Å². The summed E-state index contributed by atoms with van der Waals surface area (Å²) in [6.07, 6.45) is 4.75. The van der Waals surface area contributed by atoms with Gasteiger partial charge in [0.15, 0.2) is 0 Å². The van der Waals surface area contributed by atoms with Crippen LogP contribution in [0.3, 0.4) is 0 Å². The fraction of sp³-hybridized carbons (Fsp3) is 0.909. The molecule has 2 fully saturated rings. The highest BCUT2D eigenvalue weighted by molar-refractivity contribution is 5.01. The second kappa shape index (κ2) is 4.29. The lowest BCUT2D eigenvalue weighted by Crippen LogP contribution is -2.44. The summed E-state index contributed by atoms with van der Waals surface area (Å²) in [6, 6.07) is 3.88. The quantitative estimate of drug-likeness (QED) is 0.714. The first-order valence-corrected chi connectivity index (χ1v) is 5.74. The Morgan fingerprint density at radius 3 is 2.93 bits per heavy atom. The van der Waals surface area contributed by atoms with E-state index in [0.717, 1.165) is 19.5 Å². The Hall–Kier alpha value is -0.590. The molecule has 1 N–H and O–H groups in total. The molecule has 0 aromatic rings. The maximum Gasteiger partial charge on any atom is 0.0980 e. The van der Waals surface area contributed by atoms with Crippen LogP contribution in [0.5, 0.6) is 0 Å². The fourth-order valence-electron chi connectivity index (χ4n) is 2.90. The van der Waals surface area contributed by atoms with E-state index < -0.39 is 0 Å². The molecule has 0 radical (unpaired) electrons. The van der Waals surface area contributed by atoms with Gasteiger partial charge in [0.2, 0.25) is 0 Å². The Morgan fingerprint density at radius 1 is 1.43 bits per heavy atom. The van der Waals surface area contributed by atoms with Crippen molar-refractivity contribution >= 4 is 0 Å². The zero-order chi connectivity index (χ0) is 9.97. The minimum Gasteiger partial charge on any atom is -0.315 e. The number of rotatable bonds is 2. The Morgan fingerprint density at radius 2 is 2.21 bits per heavy atom. The van der Waals surface area contributed by atoms with Gasteiger partial charge in [0.1, 0.15) is 0 Å². The average Bonchev–Trinajstić information content (AvgIpc) is 2.43. The molecule has 3 heteroatoms. The van der Waals surface area contributed by atoms with Crippen molar-refractivity contribution in [3.05, 3.63) is 0 Å². The molecule has 0 aromatic carbocycles. The minimum absolute atomic E-state index is 0.146. The van der Waals surface area contributed by atoms with Crippen LogP contribution in [0.25, 0.3) is 0 Å². The van der Waals surface area contributed by atoms with Crippen molar-refractivity contribution in [3.8, 4) is 6.07 Å². The first-order chi connectivity index (χ1) is 6.86. The molecule has 14 heavy (non-hydrogen) atoms. The van der Waals surface area contributed by atoms with E-state index in [1.54, 1.807) is 0 Å². The maximum atomic E-state index is 9.12. The summed E-state index contributed by atoms with van der Waals surface area (Å²) in [7, 11) is 0. The summed E-state index contributed by atoms with van der Waals surface area (Å²) in [5, 5.41) is 12.6. The zero-order valence-electron chi connectivity index (χ0n) is 8.87. The second-order valence-electron chi connectivity index (χ2n) is 4.38. The third-order valence-electron chi connectivity index (χ3n) is 3.61. The van der Waals surface area contributed by atoms with Crippen molar-refractivity contribution < 1.29 is 0 Å². The van der Waals surface area contributed by atoms with E-state index in [1.165, 1.54) is 19.3 Å². The Balaban J connectivity index is 2.12. The highest BCUT2D eigenvalue weighted by Crippen LogP contribution is 2.30. The van der Waals surface area contributed by atoms with E-state index in [9.17, 15) is 0 Å². The Kier molecular flexibility index (Phi) is 3.05. The van der Waals surface area contributed by atoms with Gasteiger partial charge in [0.05, 0.1) is 12.1 Å². The van der Waals surface area contributed by atoms with Crippen LogP contribution in [0, 0.1) is 11.3 Å². The first-order valence-electron chi connectivity index (χ1n) is 5.74. The van der Waals surface area contributed by atoms with Gasteiger partial charge in [0, 0.05) is 18.6 Å². The van der Waals surface area contributed by atoms with E-state index in [4.69, 9.17) is 5.26 Å². The van der Waals surface area contributed by atoms with Gasteiger partial charge in [-0.2, -0.15) is 5.26 Å². The Labute approximate surface area is 86.1 Å². The van der Waals surface area contributed by atoms with E-state index in [2.05, 4.69) is 23.2 Å². The zero-order valence-corrected chi connectivity index (χ0v) is 8.87. The molecule has 0 spiro atoms. The minimum atomic E-state index is 0.146. The number of nitriles is 1. The predicted octanol–water partition coefficient (Wildman–Crippen LogP) is 1.11. The number of fused-ring (bicyclic) bond motifs is 2. The third kappa shape index (κ3) is 1.65. The molecule has 2 heterocycles. The van der Waals surface area contributed by atoms with E-state index in [0.29, 0.717) is 12.1 Å². The van der Waals surface area contributed by atoms with Crippen LogP contribution in [0.1, 0.15) is 32.6 Å². The maximum absolute atomic E-state index is 9.12. The molecule has 2 aliphatic rings. The second-order valence-corrected chi connectivity index (χ2v) is 4.38. The first kappa shape index (κ1) is 9.95. The molecule has 3 unspecified atom stereocenters. The molecule has 3 nitrogen and oxygen atoms in total. The summed E-state index contributed by atoms with van der Waals surface area (Å²) < 4.78 is 0. The fourth-order valence-corrected chi connectivity index (χ4v) is 2.90. The van der Waals surface area contributed by atoms with Crippen LogP contribution in [0.2, 0.25) is 0 Å². The van der Waals surface area contributed by atoms with Crippen molar-refractivity contribution in [2.75, 3.05) is 13.1 Å². The number of hydrogen-bond donors (Lipinski definition) is 1. The largest absolute Gasteiger partial charge is 0.315 e. The van der Waals surface area contributed by atoms with Gasteiger partial charge in [-0.1, -0.05) is 6.92 Å². The van der Waals surface area contributed by atoms with Crippen LogP contribution < -0.4 is 5.32 Å². The smallest absolute Gasteiger partial charge is 0.0980 e. The van der Waals surface area contributed by atoms with Gasteiger partial charge >= 0.3 is 0 Å². The van der Waals surface area contributed by atoms with E-state index >= 15 is 0 Å². The van der Waals surface area contributed by atoms with Gasteiger partial charge < -0.3 is 5.32 Å². The molecule has 2 saturated heterocycles. The van der Waals surface area contributed by atoms with Crippen molar-refractivity contribution in [1.29, 1.82) is 5.26 Å².